The SMILES string of the molecule is CC(=O)N[C@@H]1[C@H](O[C@H]2[C@@H](O)[C@@H](O[C@@H]([C@H](O[C@@H]3O[C@H](C)[C@H](O)[C@H](O)[C@@H]3O)[C@H](O)C=O)[C@H](O)CO)O[C@@H](CO)[C@H]2O)O[C@H](CO)[C@H](O)[C@@H]1O[C@@H]1O[C@H](CO)[C@H](O)[C@H](O)[C@@H]1O. The zero-order valence-corrected chi connectivity index (χ0v) is 31.1. The number of aldehydes is 1. The maximum absolute atomic E-state index is 12.4. The fraction of sp³-hybridized carbons (Fsp3) is 0.938. The number of ether oxygens (including phenoxy) is 8. The molecule has 0 saturated carbocycles. The quantitative estimate of drug-likeness (QED) is 0.0604. The van der Waals surface area contributed by atoms with Crippen LogP contribution in [0.1, 0.15) is 13.8 Å². The Balaban J connectivity index is 1.65. The smallest absolute Gasteiger partial charge is 0.217 e. The minimum Gasteiger partial charge on any atom is -0.394 e. The standard InChI is InChI=1S/C32H55NO25/c1-8-16(42)20(46)22(48)30(51-8)55-25(10(40)3-34)26(11(41)4-35)56-32-24(50)28(19(45)14(7-38)54-32)58-29-15(33-9(2)39)27(18(44)13(6-37)52-29)57-31-23(49)21(47)17(43)12(5-36)53-31/h3,8,10-32,35-38,40-50H,4-7H2,1-2H3,(H,33,39)/t8-,10-,11-,12-,13-,14+,15+,16+,17+,18+,19-,20+,21+,22+,23+,24-,25-,26-,27-,28-,29+,30+,31+,32-/m1/s1. The Morgan fingerprint density at radius 1 is 0.603 bits per heavy atom. The topological polar surface area (TPSA) is 423 Å². The first kappa shape index (κ1) is 48.9. The maximum Gasteiger partial charge on any atom is 0.217 e. The van der Waals surface area contributed by atoms with Crippen molar-refractivity contribution in [3.05, 3.63) is 0 Å². The van der Waals surface area contributed by atoms with Crippen molar-refractivity contribution in [3.8, 4) is 0 Å². The van der Waals surface area contributed by atoms with Gasteiger partial charge in [-0.05, 0) is 6.92 Å². The number of aliphatic hydroxyl groups is 15. The van der Waals surface area contributed by atoms with E-state index < -0.39 is 180 Å². The fourth-order valence-corrected chi connectivity index (χ4v) is 6.91. The van der Waals surface area contributed by atoms with Crippen LogP contribution in [-0.4, -0.2) is 262 Å². The Morgan fingerprint density at radius 2 is 1.07 bits per heavy atom. The van der Waals surface area contributed by atoms with Crippen molar-refractivity contribution in [2.24, 2.45) is 0 Å². The average Bonchev–Trinajstić information content (AvgIpc) is 3.20. The Kier molecular flexibility index (Phi) is 18.0. The number of nitrogens with one attached hydrogen (secondary N) is 1. The van der Waals surface area contributed by atoms with Crippen LogP contribution in [0.4, 0.5) is 0 Å². The number of carbonyl (C=O) groups is 2. The van der Waals surface area contributed by atoms with Crippen molar-refractivity contribution < 1.29 is 124 Å². The minimum absolute atomic E-state index is 0.101. The Labute approximate surface area is 329 Å². The van der Waals surface area contributed by atoms with Crippen LogP contribution in [0.15, 0.2) is 0 Å². The summed E-state index contributed by atoms with van der Waals surface area (Å²) in [7, 11) is 0. The van der Waals surface area contributed by atoms with Crippen molar-refractivity contribution in [2.75, 3.05) is 26.4 Å². The van der Waals surface area contributed by atoms with Gasteiger partial charge in [0.2, 0.25) is 5.91 Å². The molecule has 338 valence electrons. The number of carbonyl (C=O) groups excluding carboxylic acids is 2. The summed E-state index contributed by atoms with van der Waals surface area (Å²) in [6.45, 7) is -1.75. The molecule has 4 aliphatic heterocycles. The molecular weight excluding hydrogens is 798 g/mol. The molecule has 16 N–H and O–H groups in total. The Morgan fingerprint density at radius 3 is 1.62 bits per heavy atom. The van der Waals surface area contributed by atoms with E-state index in [2.05, 4.69) is 5.32 Å². The summed E-state index contributed by atoms with van der Waals surface area (Å²) in [6.07, 6.45) is -43.9. The van der Waals surface area contributed by atoms with Gasteiger partial charge in [0, 0.05) is 6.92 Å². The highest BCUT2D eigenvalue weighted by Crippen LogP contribution is 2.34. The lowest BCUT2D eigenvalue weighted by Gasteiger charge is -2.49. The summed E-state index contributed by atoms with van der Waals surface area (Å²) in [4.78, 5) is 24.3. The highest BCUT2D eigenvalue weighted by Gasteiger charge is 2.56. The summed E-state index contributed by atoms with van der Waals surface area (Å²) in [5, 5.41) is 159. The third-order valence-electron chi connectivity index (χ3n) is 10.2. The highest BCUT2D eigenvalue weighted by molar-refractivity contribution is 5.73. The lowest BCUT2D eigenvalue weighted by atomic mass is 9.94. The molecule has 4 saturated heterocycles. The summed E-state index contributed by atoms with van der Waals surface area (Å²) in [5.41, 5.74) is 0. The molecule has 0 radical (unpaired) electrons. The lowest BCUT2D eigenvalue weighted by Crippen LogP contribution is -2.70. The molecule has 0 aromatic rings. The molecular formula is C32H55NO25. The van der Waals surface area contributed by atoms with Crippen molar-refractivity contribution in [2.45, 2.75) is 161 Å². The highest BCUT2D eigenvalue weighted by atomic mass is 16.8. The monoisotopic (exact) mass is 853 g/mol. The number of aliphatic hydroxyl groups excluding tert-OH is 15. The summed E-state index contributed by atoms with van der Waals surface area (Å²) in [6, 6.07) is -1.71. The van der Waals surface area contributed by atoms with Gasteiger partial charge in [-0.25, -0.2) is 0 Å². The molecule has 0 spiro atoms. The first-order valence-corrected chi connectivity index (χ1v) is 18.2. The number of amides is 1. The molecule has 26 nitrogen and oxygen atoms in total. The van der Waals surface area contributed by atoms with Crippen LogP contribution in [0.5, 0.6) is 0 Å². The molecule has 0 unspecified atom stereocenters. The fourth-order valence-electron chi connectivity index (χ4n) is 6.91. The summed E-state index contributed by atoms with van der Waals surface area (Å²) < 4.78 is 44.8. The predicted molar refractivity (Wildman–Crippen MR) is 178 cm³/mol. The van der Waals surface area contributed by atoms with Crippen LogP contribution in [0.3, 0.4) is 0 Å². The van der Waals surface area contributed by atoms with Crippen LogP contribution >= 0.6 is 0 Å². The molecule has 4 aliphatic rings. The van der Waals surface area contributed by atoms with Gasteiger partial charge < -0.3 is 125 Å². The normalized spacial score (nSPS) is 45.8. The van der Waals surface area contributed by atoms with Crippen LogP contribution in [0.25, 0.3) is 0 Å². The van der Waals surface area contributed by atoms with E-state index >= 15 is 0 Å². The number of rotatable bonds is 17. The molecule has 4 heterocycles. The van der Waals surface area contributed by atoms with Gasteiger partial charge in [-0.2, -0.15) is 0 Å². The molecule has 0 aromatic heterocycles. The van der Waals surface area contributed by atoms with E-state index in [-0.39, 0.29) is 6.29 Å². The van der Waals surface area contributed by atoms with E-state index in [1.807, 2.05) is 0 Å². The molecule has 24 atom stereocenters. The molecule has 58 heavy (non-hydrogen) atoms. The Bertz CT molecular complexity index is 1290. The van der Waals surface area contributed by atoms with E-state index in [9.17, 15) is 86.2 Å². The Hall–Kier alpha value is -1.78. The van der Waals surface area contributed by atoms with E-state index in [1.54, 1.807) is 0 Å². The van der Waals surface area contributed by atoms with Crippen molar-refractivity contribution in [1.82, 2.24) is 5.32 Å². The average molecular weight is 854 g/mol. The van der Waals surface area contributed by atoms with Gasteiger partial charge in [0.05, 0.1) is 32.5 Å². The first-order valence-electron chi connectivity index (χ1n) is 18.2. The largest absolute Gasteiger partial charge is 0.394 e. The van der Waals surface area contributed by atoms with Crippen LogP contribution in [0, 0.1) is 0 Å². The second-order valence-corrected chi connectivity index (χ2v) is 14.3. The van der Waals surface area contributed by atoms with E-state index in [0.717, 1.165) is 6.92 Å². The van der Waals surface area contributed by atoms with Gasteiger partial charge in [0.15, 0.2) is 31.4 Å². The molecule has 1 amide bonds. The molecule has 26 heteroatoms. The second-order valence-electron chi connectivity index (χ2n) is 14.3. The van der Waals surface area contributed by atoms with Crippen LogP contribution in [-0.2, 0) is 47.5 Å². The maximum atomic E-state index is 12.4. The third kappa shape index (κ3) is 10.6. The zero-order chi connectivity index (χ0) is 43.3. The number of hydrogen-bond acceptors (Lipinski definition) is 25. The van der Waals surface area contributed by atoms with Gasteiger partial charge >= 0.3 is 0 Å². The summed E-state index contributed by atoms with van der Waals surface area (Å²) >= 11 is 0. The zero-order valence-electron chi connectivity index (χ0n) is 31.1. The van der Waals surface area contributed by atoms with Gasteiger partial charge in [0.25, 0.3) is 0 Å². The predicted octanol–water partition coefficient (Wildman–Crippen LogP) is -10.9. The summed E-state index contributed by atoms with van der Waals surface area (Å²) in [5.74, 6) is -0.828. The van der Waals surface area contributed by atoms with Crippen molar-refractivity contribution in [1.29, 1.82) is 0 Å². The van der Waals surface area contributed by atoms with Gasteiger partial charge in [-0.1, -0.05) is 0 Å². The minimum atomic E-state index is -2.26. The molecule has 4 fully saturated rings. The number of hydrogen-bond donors (Lipinski definition) is 16. The van der Waals surface area contributed by atoms with E-state index in [0.29, 0.717) is 0 Å². The van der Waals surface area contributed by atoms with Crippen molar-refractivity contribution >= 4 is 12.2 Å². The van der Waals surface area contributed by atoms with Crippen molar-refractivity contribution in [3.63, 3.8) is 0 Å². The lowest BCUT2D eigenvalue weighted by molar-refractivity contribution is -0.375. The molecule has 0 bridgehead atoms. The molecule has 4 rings (SSSR count). The van der Waals surface area contributed by atoms with Crippen LogP contribution in [0.2, 0.25) is 0 Å². The van der Waals surface area contributed by atoms with Gasteiger partial charge in [0.1, 0.15) is 116 Å². The van der Waals surface area contributed by atoms with Crippen LogP contribution < -0.4 is 5.32 Å². The molecule has 0 aromatic carbocycles. The second kappa shape index (κ2) is 21.3. The van der Waals surface area contributed by atoms with E-state index in [1.165, 1.54) is 6.92 Å². The third-order valence-corrected chi connectivity index (χ3v) is 10.2. The molecule has 0 aliphatic carbocycles. The van der Waals surface area contributed by atoms with E-state index in [4.69, 9.17) is 37.9 Å². The van der Waals surface area contributed by atoms with Gasteiger partial charge in [-0.15, -0.1) is 0 Å². The van der Waals surface area contributed by atoms with Gasteiger partial charge in [-0.3, -0.25) is 4.79 Å². The first-order chi connectivity index (χ1) is 27.3.